The summed E-state index contributed by atoms with van der Waals surface area (Å²) in [6.07, 6.45) is 5.74. The van der Waals surface area contributed by atoms with Gasteiger partial charge in [-0.25, -0.2) is 14.2 Å². The zero-order chi connectivity index (χ0) is 24.2. The second-order valence-corrected chi connectivity index (χ2v) is 8.55. The van der Waals surface area contributed by atoms with E-state index in [1.807, 2.05) is 20.9 Å². The van der Waals surface area contributed by atoms with Crippen LogP contribution >= 0.6 is 0 Å². The van der Waals surface area contributed by atoms with E-state index in [1.165, 1.54) is 6.07 Å². The van der Waals surface area contributed by atoms with Crippen LogP contribution in [0.4, 0.5) is 9.18 Å². The first-order chi connectivity index (χ1) is 16.4. The molecule has 1 saturated heterocycles. The largest absolute Gasteiger partial charge is 0.486 e. The molecule has 0 bridgehead atoms. The number of aryl methyl sites for hydroxylation is 1. The van der Waals surface area contributed by atoms with E-state index in [9.17, 15) is 14.4 Å². The summed E-state index contributed by atoms with van der Waals surface area (Å²) in [4.78, 5) is 17.8. The third-order valence-corrected chi connectivity index (χ3v) is 5.81. The van der Waals surface area contributed by atoms with Crippen molar-refractivity contribution in [3.8, 4) is 23.1 Å². The minimum atomic E-state index is -0.495. The lowest BCUT2D eigenvalue weighted by molar-refractivity contribution is 0.0652. The smallest absolute Gasteiger partial charge is 0.410 e. The maximum atomic E-state index is 14.7. The van der Waals surface area contributed by atoms with Crippen LogP contribution in [0.25, 0.3) is 11.3 Å². The molecule has 1 aliphatic rings. The van der Waals surface area contributed by atoms with Crippen LogP contribution in [0.5, 0.6) is 5.75 Å². The molecule has 0 radical (unpaired) electrons. The summed E-state index contributed by atoms with van der Waals surface area (Å²) in [5.41, 5.74) is 2.45. The number of nitrogens with zero attached hydrogens (tertiary/aromatic N) is 6. The Balaban J connectivity index is 1.40. The molecule has 9 nitrogen and oxygen atoms in total. The van der Waals surface area contributed by atoms with E-state index >= 15 is 0 Å². The SMILES string of the molecule is CC(C)OC(=O)N1CCC(n2ncc(COc3ccc(-c4cncn4C)cc3F)c2C#N)CC1. The van der Waals surface area contributed by atoms with Gasteiger partial charge in [0.25, 0.3) is 0 Å². The Hall–Kier alpha value is -3.87. The average molecular weight is 467 g/mol. The predicted octanol–water partition coefficient (Wildman–Crippen LogP) is 4.06. The molecule has 34 heavy (non-hydrogen) atoms. The molecule has 178 valence electrons. The van der Waals surface area contributed by atoms with Crippen molar-refractivity contribution in [2.45, 2.75) is 45.4 Å². The van der Waals surface area contributed by atoms with E-state index in [4.69, 9.17) is 9.47 Å². The molecule has 0 aliphatic carbocycles. The van der Waals surface area contributed by atoms with Gasteiger partial charge in [-0.05, 0) is 44.9 Å². The van der Waals surface area contributed by atoms with Gasteiger partial charge >= 0.3 is 6.09 Å². The zero-order valence-corrected chi connectivity index (χ0v) is 19.4. The molecule has 0 saturated carbocycles. The van der Waals surface area contributed by atoms with Crippen molar-refractivity contribution in [1.29, 1.82) is 5.26 Å². The highest BCUT2D eigenvalue weighted by Crippen LogP contribution is 2.28. The van der Waals surface area contributed by atoms with Gasteiger partial charge < -0.3 is 18.9 Å². The van der Waals surface area contributed by atoms with Crippen molar-refractivity contribution in [3.63, 3.8) is 0 Å². The van der Waals surface area contributed by atoms with Crippen LogP contribution in [0.3, 0.4) is 0 Å². The number of ether oxygens (including phenoxy) is 2. The maximum Gasteiger partial charge on any atom is 0.410 e. The van der Waals surface area contributed by atoms with Gasteiger partial charge in [0.2, 0.25) is 0 Å². The first kappa shape index (κ1) is 23.3. The van der Waals surface area contributed by atoms with Crippen molar-refractivity contribution >= 4 is 6.09 Å². The summed E-state index contributed by atoms with van der Waals surface area (Å²) < 4.78 is 29.1. The van der Waals surface area contributed by atoms with E-state index in [-0.39, 0.29) is 30.6 Å². The molecule has 2 aromatic heterocycles. The van der Waals surface area contributed by atoms with E-state index < -0.39 is 5.82 Å². The van der Waals surface area contributed by atoms with E-state index in [0.29, 0.717) is 42.8 Å². The Morgan fingerprint density at radius 2 is 2.06 bits per heavy atom. The van der Waals surface area contributed by atoms with E-state index in [2.05, 4.69) is 16.2 Å². The first-order valence-electron chi connectivity index (χ1n) is 11.2. The Kier molecular flexibility index (Phi) is 6.82. The normalized spacial score (nSPS) is 14.3. The minimum Gasteiger partial charge on any atom is -0.486 e. The molecule has 0 unspecified atom stereocenters. The number of halogens is 1. The molecule has 10 heteroatoms. The Bertz CT molecular complexity index is 1200. The summed E-state index contributed by atoms with van der Waals surface area (Å²) in [5.74, 6) is -0.398. The predicted molar refractivity (Wildman–Crippen MR) is 121 cm³/mol. The fraction of sp³-hybridized carbons (Fsp3) is 0.417. The van der Waals surface area contributed by atoms with Crippen LogP contribution in [0.1, 0.15) is 44.0 Å². The molecule has 1 amide bonds. The van der Waals surface area contributed by atoms with Crippen LogP contribution in [0.15, 0.2) is 36.9 Å². The first-order valence-corrected chi connectivity index (χ1v) is 11.2. The third-order valence-electron chi connectivity index (χ3n) is 5.81. The lowest BCUT2D eigenvalue weighted by Gasteiger charge is -2.32. The van der Waals surface area contributed by atoms with Gasteiger partial charge in [0.15, 0.2) is 11.6 Å². The molecular formula is C24H27FN6O3. The molecule has 0 atom stereocenters. The van der Waals surface area contributed by atoms with Crippen molar-refractivity contribution < 1.29 is 18.7 Å². The number of carbonyl (C=O) groups excluding carboxylic acids is 1. The standard InChI is InChI=1S/C24H27FN6O3/c1-16(2)34-24(32)30-8-6-19(7-9-30)31-21(11-26)18(12-28-31)14-33-23-5-4-17(10-20(23)25)22-13-27-15-29(22)3/h4-5,10,12-13,15-16,19H,6-9,14H2,1-3H3. The average Bonchev–Trinajstić information content (AvgIpc) is 3.43. The van der Waals surface area contributed by atoms with Crippen LogP contribution in [0, 0.1) is 17.1 Å². The molecule has 1 aliphatic heterocycles. The second kappa shape index (κ2) is 9.95. The molecule has 0 spiro atoms. The topological polar surface area (TPSA) is 98.2 Å². The summed E-state index contributed by atoms with van der Waals surface area (Å²) in [6.45, 7) is 4.71. The number of likely N-dealkylation sites (tertiary alicyclic amines) is 1. The second-order valence-electron chi connectivity index (χ2n) is 8.55. The van der Waals surface area contributed by atoms with Crippen molar-refractivity contribution in [2.75, 3.05) is 13.1 Å². The van der Waals surface area contributed by atoms with Crippen LogP contribution in [-0.4, -0.2) is 49.5 Å². The number of nitriles is 1. The van der Waals surface area contributed by atoms with Gasteiger partial charge in [0.05, 0.1) is 36.6 Å². The molecule has 0 N–H and O–H groups in total. The third kappa shape index (κ3) is 4.88. The van der Waals surface area contributed by atoms with Gasteiger partial charge in [-0.15, -0.1) is 0 Å². The van der Waals surface area contributed by atoms with Gasteiger partial charge in [-0.3, -0.25) is 4.68 Å². The van der Waals surface area contributed by atoms with E-state index in [0.717, 1.165) is 5.69 Å². The Morgan fingerprint density at radius 3 is 2.68 bits per heavy atom. The Labute approximate surface area is 197 Å². The van der Waals surface area contributed by atoms with Crippen LogP contribution < -0.4 is 4.74 Å². The van der Waals surface area contributed by atoms with Crippen molar-refractivity contribution in [1.82, 2.24) is 24.2 Å². The molecule has 3 heterocycles. The number of benzene rings is 1. The molecule has 1 aromatic carbocycles. The van der Waals surface area contributed by atoms with Crippen LogP contribution in [-0.2, 0) is 18.4 Å². The summed E-state index contributed by atoms with van der Waals surface area (Å²) >= 11 is 0. The molecular weight excluding hydrogens is 439 g/mol. The highest BCUT2D eigenvalue weighted by atomic mass is 19.1. The van der Waals surface area contributed by atoms with Gasteiger partial charge in [-0.2, -0.15) is 10.4 Å². The zero-order valence-electron chi connectivity index (χ0n) is 19.4. The minimum absolute atomic E-state index is 0.0126. The quantitative estimate of drug-likeness (QED) is 0.543. The molecule has 3 aromatic rings. The van der Waals surface area contributed by atoms with E-state index in [1.54, 1.807) is 45.0 Å². The number of amides is 1. The lowest BCUT2D eigenvalue weighted by Crippen LogP contribution is -2.40. The highest BCUT2D eigenvalue weighted by molar-refractivity contribution is 5.67. The summed E-state index contributed by atoms with van der Waals surface area (Å²) in [6, 6.07) is 6.92. The number of hydrogen-bond acceptors (Lipinski definition) is 6. The van der Waals surface area contributed by atoms with Gasteiger partial charge in [-0.1, -0.05) is 0 Å². The van der Waals surface area contributed by atoms with Crippen LogP contribution in [0.2, 0.25) is 0 Å². The monoisotopic (exact) mass is 466 g/mol. The highest BCUT2D eigenvalue weighted by Gasteiger charge is 2.28. The maximum absolute atomic E-state index is 14.7. The summed E-state index contributed by atoms with van der Waals surface area (Å²) in [5, 5.41) is 14.1. The summed E-state index contributed by atoms with van der Waals surface area (Å²) in [7, 11) is 1.84. The Morgan fingerprint density at radius 1 is 1.29 bits per heavy atom. The fourth-order valence-electron chi connectivity index (χ4n) is 4.04. The number of piperidine rings is 1. The van der Waals surface area contributed by atoms with Crippen molar-refractivity contribution in [2.24, 2.45) is 7.05 Å². The number of aromatic nitrogens is 4. The number of carbonyl (C=O) groups is 1. The number of imidazole rings is 1. The van der Waals surface area contributed by atoms with Gasteiger partial charge in [0, 0.05) is 31.3 Å². The number of rotatable bonds is 6. The molecule has 4 rings (SSSR count). The lowest BCUT2D eigenvalue weighted by atomic mass is 10.1. The molecule has 1 fully saturated rings. The van der Waals surface area contributed by atoms with Crippen molar-refractivity contribution in [3.05, 3.63) is 54.0 Å². The number of hydrogen-bond donors (Lipinski definition) is 0. The van der Waals surface area contributed by atoms with Gasteiger partial charge in [0.1, 0.15) is 18.4 Å². The fourth-order valence-corrected chi connectivity index (χ4v) is 4.04.